The summed E-state index contributed by atoms with van der Waals surface area (Å²) in [5.74, 6) is 8.15. The maximum absolute atomic E-state index is 5.56. The number of rotatable bonds is 3. The molecule has 3 N–H and O–H groups in total. The molecule has 16 heavy (non-hydrogen) atoms. The number of aliphatic imine (C=N–C) groups is 1. The van der Waals surface area contributed by atoms with Crippen LogP contribution in [0.25, 0.3) is 0 Å². The van der Waals surface area contributed by atoms with E-state index in [1.54, 1.807) is 0 Å². The standard InChI is InChI=1S/C12H24N4/c1-9-7-10(9)8-16(2)12(15-13)14-11-5-3-4-6-11/h9-11H,3-8,13H2,1-2H3,(H,14,15). The van der Waals surface area contributed by atoms with Gasteiger partial charge in [-0.3, -0.25) is 5.43 Å². The molecular formula is C12H24N4. The molecule has 0 saturated heterocycles. The number of nitrogens with zero attached hydrogens (tertiary/aromatic N) is 2. The van der Waals surface area contributed by atoms with Crippen molar-refractivity contribution in [2.24, 2.45) is 22.7 Å². The summed E-state index contributed by atoms with van der Waals surface area (Å²) in [6.45, 7) is 3.39. The molecule has 92 valence electrons. The molecule has 0 aliphatic heterocycles. The fraction of sp³-hybridized carbons (Fsp3) is 0.917. The van der Waals surface area contributed by atoms with E-state index in [4.69, 9.17) is 10.8 Å². The fourth-order valence-corrected chi connectivity index (χ4v) is 2.54. The second-order valence-electron chi connectivity index (χ2n) is 5.39. The van der Waals surface area contributed by atoms with Crippen LogP contribution in [-0.4, -0.2) is 30.5 Å². The molecule has 4 heteroatoms. The Bertz CT molecular complexity index is 258. The minimum atomic E-state index is 0.491. The SMILES string of the molecule is CC1CC1CN(C)C(=NC1CCCC1)NN. The van der Waals surface area contributed by atoms with Crippen molar-refractivity contribution in [1.82, 2.24) is 10.3 Å². The van der Waals surface area contributed by atoms with Gasteiger partial charge in [0.2, 0.25) is 5.96 Å². The molecular weight excluding hydrogens is 200 g/mol. The quantitative estimate of drug-likeness (QED) is 0.329. The lowest BCUT2D eigenvalue weighted by atomic mass is 10.3. The number of nitrogens with two attached hydrogens (primary N) is 1. The Labute approximate surface area is 98.3 Å². The number of nitrogens with one attached hydrogen (secondary N) is 1. The van der Waals surface area contributed by atoms with Crippen molar-refractivity contribution in [3.8, 4) is 0 Å². The van der Waals surface area contributed by atoms with Gasteiger partial charge in [0, 0.05) is 13.6 Å². The van der Waals surface area contributed by atoms with Crippen LogP contribution >= 0.6 is 0 Å². The minimum absolute atomic E-state index is 0.491. The van der Waals surface area contributed by atoms with E-state index in [2.05, 4.69) is 24.3 Å². The molecule has 0 spiro atoms. The molecule has 0 radical (unpaired) electrons. The summed E-state index contributed by atoms with van der Waals surface area (Å²) in [4.78, 5) is 6.88. The Kier molecular flexibility index (Phi) is 3.69. The van der Waals surface area contributed by atoms with Crippen LogP contribution in [0.3, 0.4) is 0 Å². The summed E-state index contributed by atoms with van der Waals surface area (Å²) in [6, 6.07) is 0.491. The molecule has 0 heterocycles. The van der Waals surface area contributed by atoms with Gasteiger partial charge in [0.05, 0.1) is 6.04 Å². The molecule has 2 rings (SSSR count). The van der Waals surface area contributed by atoms with Crippen molar-refractivity contribution >= 4 is 5.96 Å². The summed E-state index contributed by atoms with van der Waals surface area (Å²) in [5.41, 5.74) is 2.75. The average Bonchev–Trinajstić information content (AvgIpc) is 2.79. The van der Waals surface area contributed by atoms with E-state index >= 15 is 0 Å². The van der Waals surface area contributed by atoms with Crippen molar-refractivity contribution in [1.29, 1.82) is 0 Å². The van der Waals surface area contributed by atoms with E-state index in [0.717, 1.165) is 24.3 Å². The second kappa shape index (κ2) is 5.04. The van der Waals surface area contributed by atoms with Gasteiger partial charge in [-0.25, -0.2) is 10.8 Å². The Morgan fingerprint density at radius 3 is 2.56 bits per heavy atom. The lowest BCUT2D eigenvalue weighted by Gasteiger charge is -2.21. The summed E-state index contributed by atoms with van der Waals surface area (Å²) < 4.78 is 0. The van der Waals surface area contributed by atoms with Gasteiger partial charge in [-0.15, -0.1) is 0 Å². The van der Waals surface area contributed by atoms with E-state index in [1.165, 1.54) is 32.1 Å². The zero-order valence-corrected chi connectivity index (χ0v) is 10.4. The Balaban J connectivity index is 1.86. The molecule has 0 amide bonds. The van der Waals surface area contributed by atoms with Crippen molar-refractivity contribution in [2.75, 3.05) is 13.6 Å². The van der Waals surface area contributed by atoms with Crippen LogP contribution in [0.15, 0.2) is 4.99 Å². The third-order valence-corrected chi connectivity index (χ3v) is 3.90. The van der Waals surface area contributed by atoms with Crippen LogP contribution in [-0.2, 0) is 0 Å². The van der Waals surface area contributed by atoms with E-state index < -0.39 is 0 Å². The minimum Gasteiger partial charge on any atom is -0.345 e. The molecule has 0 aromatic carbocycles. The van der Waals surface area contributed by atoms with Gasteiger partial charge in [0.25, 0.3) is 0 Å². The van der Waals surface area contributed by atoms with Gasteiger partial charge in [-0.2, -0.15) is 0 Å². The van der Waals surface area contributed by atoms with Crippen molar-refractivity contribution in [3.63, 3.8) is 0 Å². The molecule has 2 aliphatic rings. The fourth-order valence-electron chi connectivity index (χ4n) is 2.54. The molecule has 2 saturated carbocycles. The Morgan fingerprint density at radius 1 is 1.44 bits per heavy atom. The predicted molar refractivity (Wildman–Crippen MR) is 66.9 cm³/mol. The van der Waals surface area contributed by atoms with E-state index in [0.29, 0.717) is 6.04 Å². The van der Waals surface area contributed by atoms with Gasteiger partial charge in [-0.1, -0.05) is 19.8 Å². The van der Waals surface area contributed by atoms with Crippen LogP contribution in [0.5, 0.6) is 0 Å². The van der Waals surface area contributed by atoms with Crippen LogP contribution < -0.4 is 11.3 Å². The third-order valence-electron chi connectivity index (χ3n) is 3.90. The molecule has 0 aromatic rings. The van der Waals surface area contributed by atoms with Crippen molar-refractivity contribution in [3.05, 3.63) is 0 Å². The topological polar surface area (TPSA) is 53.6 Å². The first-order valence-electron chi connectivity index (χ1n) is 6.46. The molecule has 2 aliphatic carbocycles. The first kappa shape index (κ1) is 11.7. The summed E-state index contributed by atoms with van der Waals surface area (Å²) >= 11 is 0. The van der Waals surface area contributed by atoms with E-state index in [9.17, 15) is 0 Å². The first-order valence-corrected chi connectivity index (χ1v) is 6.46. The lowest BCUT2D eigenvalue weighted by molar-refractivity contribution is 0.441. The second-order valence-corrected chi connectivity index (χ2v) is 5.39. The van der Waals surface area contributed by atoms with Crippen LogP contribution in [0, 0.1) is 11.8 Å². The lowest BCUT2D eigenvalue weighted by Crippen LogP contribution is -2.44. The van der Waals surface area contributed by atoms with Gasteiger partial charge in [-0.05, 0) is 31.1 Å². The van der Waals surface area contributed by atoms with Gasteiger partial charge in [0.1, 0.15) is 0 Å². The maximum atomic E-state index is 5.56. The maximum Gasteiger partial charge on any atom is 0.208 e. The van der Waals surface area contributed by atoms with Crippen LogP contribution in [0.4, 0.5) is 0 Å². The monoisotopic (exact) mass is 224 g/mol. The van der Waals surface area contributed by atoms with Crippen LogP contribution in [0.2, 0.25) is 0 Å². The van der Waals surface area contributed by atoms with Crippen LogP contribution in [0.1, 0.15) is 39.0 Å². The molecule has 2 fully saturated rings. The largest absolute Gasteiger partial charge is 0.345 e. The molecule has 0 aromatic heterocycles. The molecule has 0 bridgehead atoms. The van der Waals surface area contributed by atoms with Crippen molar-refractivity contribution in [2.45, 2.75) is 45.1 Å². The highest BCUT2D eigenvalue weighted by atomic mass is 15.4. The molecule has 4 nitrogen and oxygen atoms in total. The van der Waals surface area contributed by atoms with Gasteiger partial charge >= 0.3 is 0 Å². The zero-order chi connectivity index (χ0) is 11.5. The highest BCUT2D eigenvalue weighted by molar-refractivity contribution is 5.79. The van der Waals surface area contributed by atoms with Gasteiger partial charge in [0.15, 0.2) is 0 Å². The normalized spacial score (nSPS) is 30.6. The molecule has 2 atom stereocenters. The number of guanidine groups is 1. The smallest absolute Gasteiger partial charge is 0.208 e. The summed E-state index contributed by atoms with van der Waals surface area (Å²) in [5, 5.41) is 0. The van der Waals surface area contributed by atoms with Gasteiger partial charge < -0.3 is 4.90 Å². The highest BCUT2D eigenvalue weighted by Gasteiger charge is 2.33. The number of hydrogen-bond donors (Lipinski definition) is 2. The highest BCUT2D eigenvalue weighted by Crippen LogP contribution is 2.37. The number of hydrogen-bond acceptors (Lipinski definition) is 2. The van der Waals surface area contributed by atoms with E-state index in [1.807, 2.05) is 0 Å². The predicted octanol–water partition coefficient (Wildman–Crippen LogP) is 1.34. The summed E-state index contributed by atoms with van der Waals surface area (Å²) in [7, 11) is 2.08. The number of hydrazine groups is 1. The average molecular weight is 224 g/mol. The van der Waals surface area contributed by atoms with Crippen molar-refractivity contribution < 1.29 is 0 Å². The zero-order valence-electron chi connectivity index (χ0n) is 10.4. The molecule has 2 unspecified atom stereocenters. The summed E-state index contributed by atoms with van der Waals surface area (Å²) in [6.07, 6.45) is 6.42. The Morgan fingerprint density at radius 2 is 2.06 bits per heavy atom. The third kappa shape index (κ3) is 2.88. The van der Waals surface area contributed by atoms with E-state index in [-0.39, 0.29) is 0 Å². The first-order chi connectivity index (χ1) is 7.70. The Hall–Kier alpha value is -0.770.